The molecule has 17 nitrogen and oxygen atoms in total. The Hall–Kier alpha value is -1.04. The minimum absolute atomic E-state index is 0.820. The smallest absolute Gasteiger partial charge is 0.472 e. The molecule has 0 saturated heterocycles. The second-order valence-corrected chi connectivity index (χ2v) is 8.86. The standard InChI is InChI=1S/C12H22O17P2/c13-4(2-26-6(16)1-5(14)15)3-27-31(24,25)29-12-9(19)7(17)11(8(18)10(12)20)28-30(21,22)23/h4,7-13,17-20H,1-3H2,(H,14,15)(H,24,25)(H2,21,22,23). The Morgan fingerprint density at radius 2 is 1.29 bits per heavy atom. The van der Waals surface area contributed by atoms with Crippen molar-refractivity contribution >= 4 is 27.6 Å². The lowest BCUT2D eigenvalue weighted by Gasteiger charge is -2.43. The molecular weight excluding hydrogens is 478 g/mol. The molecule has 0 aliphatic heterocycles. The monoisotopic (exact) mass is 500 g/mol. The minimum atomic E-state index is -5.27. The molecule has 0 amide bonds. The normalized spacial score (nSPS) is 32.1. The summed E-state index contributed by atoms with van der Waals surface area (Å²) >= 11 is 0. The molecule has 6 atom stereocenters. The molecule has 0 aromatic rings. The number of ether oxygens (including phenoxy) is 1. The molecule has 6 unspecified atom stereocenters. The van der Waals surface area contributed by atoms with Crippen molar-refractivity contribution in [1.82, 2.24) is 0 Å². The summed E-state index contributed by atoms with van der Waals surface area (Å²) in [6.07, 6.45) is -16.3. The van der Waals surface area contributed by atoms with Gasteiger partial charge in [-0.15, -0.1) is 0 Å². The van der Waals surface area contributed by atoms with Crippen molar-refractivity contribution in [3.8, 4) is 0 Å². The van der Waals surface area contributed by atoms with Crippen molar-refractivity contribution in [2.45, 2.75) is 49.1 Å². The number of carbonyl (C=O) groups excluding carboxylic acids is 1. The molecule has 1 rings (SSSR count). The van der Waals surface area contributed by atoms with Crippen LogP contribution in [0.1, 0.15) is 6.42 Å². The lowest BCUT2D eigenvalue weighted by atomic mass is 9.85. The number of carbonyl (C=O) groups is 2. The number of phosphoric ester groups is 2. The molecule has 1 aliphatic carbocycles. The summed E-state index contributed by atoms with van der Waals surface area (Å²) in [5.74, 6) is -2.70. The van der Waals surface area contributed by atoms with Gasteiger partial charge in [-0.1, -0.05) is 0 Å². The Morgan fingerprint density at radius 1 is 0.839 bits per heavy atom. The molecule has 31 heavy (non-hydrogen) atoms. The fourth-order valence-electron chi connectivity index (χ4n) is 2.37. The molecule has 0 aromatic heterocycles. The second kappa shape index (κ2) is 11.2. The van der Waals surface area contributed by atoms with Crippen molar-refractivity contribution in [3.05, 3.63) is 0 Å². The SMILES string of the molecule is O=C(O)CC(=O)OCC(O)COP(=O)(O)OC1C(O)C(O)C(OP(=O)(O)O)C(O)C1O. The number of aliphatic carboxylic acids is 1. The molecular formula is C12H22O17P2. The zero-order chi connectivity index (χ0) is 24.1. The van der Waals surface area contributed by atoms with Gasteiger partial charge in [0.15, 0.2) is 0 Å². The molecule has 1 saturated carbocycles. The number of hydrogen-bond acceptors (Lipinski definition) is 13. The first-order valence-corrected chi connectivity index (χ1v) is 11.2. The summed E-state index contributed by atoms with van der Waals surface area (Å²) in [4.78, 5) is 48.5. The largest absolute Gasteiger partial charge is 0.481 e. The lowest BCUT2D eigenvalue weighted by Crippen LogP contribution is -2.64. The van der Waals surface area contributed by atoms with Crippen LogP contribution in [-0.2, 0) is 37.0 Å². The van der Waals surface area contributed by atoms with Gasteiger partial charge in [-0.25, -0.2) is 9.13 Å². The van der Waals surface area contributed by atoms with Crippen LogP contribution >= 0.6 is 15.6 Å². The van der Waals surface area contributed by atoms with Crippen molar-refractivity contribution in [2.24, 2.45) is 0 Å². The number of aliphatic hydroxyl groups excluding tert-OH is 5. The van der Waals surface area contributed by atoms with Gasteiger partial charge in [0.1, 0.15) is 55.8 Å². The first kappa shape index (κ1) is 28.0. The Balaban J connectivity index is 2.67. The third kappa shape index (κ3) is 9.15. The fourth-order valence-corrected chi connectivity index (χ4v) is 3.91. The summed E-state index contributed by atoms with van der Waals surface area (Å²) < 4.78 is 40.1. The van der Waals surface area contributed by atoms with Crippen molar-refractivity contribution in [2.75, 3.05) is 13.2 Å². The van der Waals surface area contributed by atoms with Crippen LogP contribution < -0.4 is 0 Å². The van der Waals surface area contributed by atoms with Crippen molar-refractivity contribution in [3.63, 3.8) is 0 Å². The average Bonchev–Trinajstić information content (AvgIpc) is 2.62. The summed E-state index contributed by atoms with van der Waals surface area (Å²) in [5.41, 5.74) is 0. The van der Waals surface area contributed by atoms with Gasteiger partial charge in [0, 0.05) is 0 Å². The van der Waals surface area contributed by atoms with Crippen molar-refractivity contribution in [1.29, 1.82) is 0 Å². The maximum Gasteiger partial charge on any atom is 0.472 e. The van der Waals surface area contributed by atoms with E-state index in [-0.39, 0.29) is 0 Å². The van der Waals surface area contributed by atoms with E-state index in [1.54, 1.807) is 0 Å². The topological polar surface area (TPSA) is 287 Å². The Kier molecular flexibility index (Phi) is 10.1. The van der Waals surface area contributed by atoms with Gasteiger partial charge in [-0.05, 0) is 0 Å². The van der Waals surface area contributed by atoms with Gasteiger partial charge in [0.05, 0.1) is 6.61 Å². The molecule has 19 heteroatoms. The van der Waals surface area contributed by atoms with Gasteiger partial charge in [-0.2, -0.15) is 0 Å². The lowest BCUT2D eigenvalue weighted by molar-refractivity contribution is -0.216. The summed E-state index contributed by atoms with van der Waals surface area (Å²) in [6, 6.07) is 0. The van der Waals surface area contributed by atoms with Crippen molar-refractivity contribution < 1.29 is 82.3 Å². The third-order valence-electron chi connectivity index (χ3n) is 3.72. The Labute approximate surface area is 173 Å². The van der Waals surface area contributed by atoms with Crippen LogP contribution in [0.2, 0.25) is 0 Å². The van der Waals surface area contributed by atoms with Crippen LogP contribution in [0, 0.1) is 0 Å². The number of rotatable bonds is 11. The second-order valence-electron chi connectivity index (χ2n) is 6.26. The summed E-state index contributed by atoms with van der Waals surface area (Å²) in [6.45, 7) is -1.83. The molecule has 0 bridgehead atoms. The Morgan fingerprint density at radius 3 is 1.71 bits per heavy atom. The molecule has 0 heterocycles. The first-order valence-electron chi connectivity index (χ1n) is 8.21. The predicted octanol–water partition coefficient (Wildman–Crippen LogP) is -4.20. The van der Waals surface area contributed by atoms with Crippen LogP contribution in [0.5, 0.6) is 0 Å². The maximum atomic E-state index is 12.0. The van der Waals surface area contributed by atoms with E-state index < -0.39 is 89.9 Å². The molecule has 1 aliphatic rings. The molecule has 1 fully saturated rings. The van der Waals surface area contributed by atoms with E-state index in [1.165, 1.54) is 0 Å². The van der Waals surface area contributed by atoms with E-state index in [4.69, 9.17) is 14.9 Å². The highest BCUT2D eigenvalue weighted by Crippen LogP contribution is 2.48. The van der Waals surface area contributed by atoms with E-state index in [1.807, 2.05) is 0 Å². The van der Waals surface area contributed by atoms with Gasteiger partial charge < -0.3 is 50.1 Å². The Bertz CT molecular complexity index is 706. The van der Waals surface area contributed by atoms with Crippen LogP contribution in [0.15, 0.2) is 0 Å². The first-order chi connectivity index (χ1) is 14.0. The number of phosphoric acid groups is 2. The number of carboxylic acid groups (broad SMARTS) is 1. The minimum Gasteiger partial charge on any atom is -0.481 e. The summed E-state index contributed by atoms with van der Waals surface area (Å²) in [5, 5.41) is 57.4. The maximum absolute atomic E-state index is 12.0. The van der Waals surface area contributed by atoms with E-state index in [0.29, 0.717) is 0 Å². The highest BCUT2D eigenvalue weighted by atomic mass is 31.2. The van der Waals surface area contributed by atoms with Crippen LogP contribution in [-0.4, -0.2) is 113 Å². The van der Waals surface area contributed by atoms with Crippen LogP contribution in [0.25, 0.3) is 0 Å². The highest BCUT2D eigenvalue weighted by molar-refractivity contribution is 7.47. The molecule has 0 radical (unpaired) electrons. The van der Waals surface area contributed by atoms with E-state index in [9.17, 15) is 49.1 Å². The van der Waals surface area contributed by atoms with Gasteiger partial charge >= 0.3 is 27.6 Å². The number of hydrogen-bond donors (Lipinski definition) is 9. The van der Waals surface area contributed by atoms with Gasteiger partial charge in [0.2, 0.25) is 0 Å². The van der Waals surface area contributed by atoms with Crippen LogP contribution in [0.4, 0.5) is 0 Å². The number of carboxylic acids is 1. The molecule has 182 valence electrons. The van der Waals surface area contributed by atoms with E-state index >= 15 is 0 Å². The zero-order valence-corrected chi connectivity index (χ0v) is 17.1. The number of esters is 1. The third-order valence-corrected chi connectivity index (χ3v) is 5.23. The molecule has 0 aromatic carbocycles. The number of aliphatic hydroxyl groups is 5. The zero-order valence-electron chi connectivity index (χ0n) is 15.3. The highest BCUT2D eigenvalue weighted by Gasteiger charge is 2.54. The fraction of sp³-hybridized carbons (Fsp3) is 0.833. The quantitative estimate of drug-likeness (QED) is 0.0738. The predicted molar refractivity (Wildman–Crippen MR) is 90.8 cm³/mol. The van der Waals surface area contributed by atoms with E-state index in [2.05, 4.69) is 18.3 Å². The van der Waals surface area contributed by atoms with Gasteiger partial charge in [-0.3, -0.25) is 23.2 Å². The average molecular weight is 500 g/mol. The molecule has 0 spiro atoms. The van der Waals surface area contributed by atoms with Crippen LogP contribution in [0.3, 0.4) is 0 Å². The molecule has 9 N–H and O–H groups in total. The summed E-state index contributed by atoms with van der Waals surface area (Å²) in [7, 11) is -10.5. The van der Waals surface area contributed by atoms with E-state index in [0.717, 1.165) is 0 Å². The van der Waals surface area contributed by atoms with Gasteiger partial charge in [0.25, 0.3) is 0 Å².